The Morgan fingerprint density at radius 1 is 0.963 bits per heavy atom. The maximum Gasteiger partial charge on any atom is 0.255 e. The first-order valence-corrected chi connectivity index (χ1v) is 10.6. The highest BCUT2D eigenvalue weighted by atomic mass is 35.5. The van der Waals surface area contributed by atoms with Crippen LogP contribution in [0.25, 0.3) is 9.69 Å². The van der Waals surface area contributed by atoms with Gasteiger partial charge in [0, 0.05) is 38.5 Å². The lowest BCUT2D eigenvalue weighted by Crippen LogP contribution is -2.61. The van der Waals surface area contributed by atoms with E-state index in [1.807, 2.05) is 27.7 Å². The lowest BCUT2D eigenvalue weighted by Gasteiger charge is -2.53. The molecular weight excluding hydrogens is 360 g/mol. The van der Waals surface area contributed by atoms with Gasteiger partial charge in [-0.05, 0) is 52.4 Å². The van der Waals surface area contributed by atoms with Crippen LogP contribution in [-0.4, -0.2) is 38.9 Å². The Bertz CT molecular complexity index is 677. The second kappa shape index (κ2) is 6.62. The number of fused-ring (bicyclic) bond motifs is 1. The predicted octanol–water partition coefficient (Wildman–Crippen LogP) is 5.09. The van der Waals surface area contributed by atoms with Crippen LogP contribution < -0.4 is 0 Å². The number of alkyl halides is 1. The van der Waals surface area contributed by atoms with Crippen LogP contribution in [0.2, 0.25) is 0 Å². The van der Waals surface area contributed by atoms with E-state index in [2.05, 4.69) is 16.6 Å². The molecule has 0 aromatic rings. The highest BCUT2D eigenvalue weighted by molar-refractivity contribution is 6.23. The van der Waals surface area contributed by atoms with Crippen LogP contribution in [0.4, 0.5) is 0 Å². The quantitative estimate of drug-likeness (QED) is 0.524. The van der Waals surface area contributed by atoms with E-state index in [1.165, 1.54) is 0 Å². The number of ether oxygens (including phenoxy) is 1. The van der Waals surface area contributed by atoms with Crippen molar-refractivity contribution < 1.29 is 9.84 Å². The summed E-state index contributed by atoms with van der Waals surface area (Å²) in [6.07, 6.45) is 4.28. The van der Waals surface area contributed by atoms with Crippen molar-refractivity contribution in [2.45, 2.75) is 107 Å². The molecule has 0 aromatic carbocycles. The van der Waals surface area contributed by atoms with E-state index in [4.69, 9.17) is 29.5 Å². The third kappa shape index (κ3) is 3.29. The molecule has 3 fully saturated rings. The highest BCUT2D eigenvalue weighted by Crippen LogP contribution is 2.58. The largest absolute Gasteiger partial charge is 0.384 e. The van der Waals surface area contributed by atoms with E-state index < -0.39 is 22.1 Å². The summed E-state index contributed by atoms with van der Waals surface area (Å²) < 4.78 is 6.56. The fourth-order valence-electron chi connectivity index (χ4n) is 6.06. The molecule has 2 aliphatic carbocycles. The SMILES string of the molecule is [C-]#[N+][C@]1(C)CC[C@@H]2[C@@H]([C@H]1O)[C@H]([C@]1(C)CC[C@H](C(C)(C)Cl)O1)CC[C@@]2(C)[N+]#[C-]. The second-order valence-corrected chi connectivity index (χ2v) is 11.2. The van der Waals surface area contributed by atoms with E-state index in [-0.39, 0.29) is 29.5 Å². The summed E-state index contributed by atoms with van der Waals surface area (Å²) in [4.78, 5) is 7.41. The Hall–Kier alpha value is -0.810. The van der Waals surface area contributed by atoms with Crippen molar-refractivity contribution in [1.29, 1.82) is 0 Å². The molecule has 150 valence electrons. The van der Waals surface area contributed by atoms with Crippen molar-refractivity contribution in [3.63, 3.8) is 0 Å². The number of rotatable bonds is 2. The van der Waals surface area contributed by atoms with Crippen LogP contribution in [-0.2, 0) is 4.74 Å². The molecule has 4 nitrogen and oxygen atoms in total. The summed E-state index contributed by atoms with van der Waals surface area (Å²) in [6, 6.07) is 0. The van der Waals surface area contributed by atoms with Gasteiger partial charge in [0.1, 0.15) is 6.10 Å². The monoisotopic (exact) mass is 392 g/mol. The van der Waals surface area contributed by atoms with Crippen molar-refractivity contribution in [3.8, 4) is 0 Å². The van der Waals surface area contributed by atoms with Crippen LogP contribution in [0.1, 0.15) is 73.1 Å². The number of nitrogens with zero attached hydrogens (tertiary/aromatic N) is 2. The predicted molar refractivity (Wildman–Crippen MR) is 107 cm³/mol. The molecular formula is C22H33ClN2O2. The third-order valence-corrected chi connectivity index (χ3v) is 8.27. The van der Waals surface area contributed by atoms with E-state index in [0.717, 1.165) is 32.1 Å². The Balaban J connectivity index is 1.97. The summed E-state index contributed by atoms with van der Waals surface area (Å²) in [5, 5.41) is 11.3. The number of aliphatic hydroxyl groups excluding tert-OH is 1. The maximum atomic E-state index is 11.3. The fourth-order valence-corrected chi connectivity index (χ4v) is 6.22. The molecule has 1 aliphatic heterocycles. The Kier molecular flexibility index (Phi) is 5.13. The standard InChI is InChI=1S/C22H33ClN2O2/c1-19(2,23)16-10-13-22(5,27-16)15-9-11-20(3,24-6)14-8-12-21(4,25-7)18(26)17(14)15/h14-18,26H,8-13H2,1-5H3/t14-,15-,16-,17-,18-,20-,21-,22+/m1/s1. The molecule has 0 radical (unpaired) electrons. The first-order chi connectivity index (χ1) is 12.4. The normalized spacial score (nSPS) is 50.5. The Morgan fingerprint density at radius 2 is 1.52 bits per heavy atom. The molecule has 2 saturated carbocycles. The minimum absolute atomic E-state index is 0.00947. The molecule has 0 aromatic heterocycles. The summed E-state index contributed by atoms with van der Waals surface area (Å²) in [5.74, 6) is 0.188. The zero-order chi connectivity index (χ0) is 20.3. The highest BCUT2D eigenvalue weighted by Gasteiger charge is 2.65. The third-order valence-electron chi connectivity index (χ3n) is 8.03. The van der Waals surface area contributed by atoms with Gasteiger partial charge in [0.15, 0.2) is 0 Å². The summed E-state index contributed by atoms with van der Waals surface area (Å²) in [7, 11) is 0. The average Bonchev–Trinajstić information content (AvgIpc) is 3.02. The van der Waals surface area contributed by atoms with Gasteiger partial charge in [0.05, 0.1) is 16.6 Å². The topological polar surface area (TPSA) is 38.2 Å². The number of hydrogen-bond donors (Lipinski definition) is 1. The second-order valence-electron chi connectivity index (χ2n) is 10.3. The average molecular weight is 393 g/mol. The van der Waals surface area contributed by atoms with Crippen molar-refractivity contribution in [2.24, 2.45) is 17.8 Å². The smallest absolute Gasteiger partial charge is 0.255 e. The van der Waals surface area contributed by atoms with Crippen molar-refractivity contribution >= 4 is 11.6 Å². The molecule has 1 saturated heterocycles. The van der Waals surface area contributed by atoms with E-state index in [9.17, 15) is 5.11 Å². The van der Waals surface area contributed by atoms with Crippen LogP contribution in [0, 0.1) is 30.9 Å². The van der Waals surface area contributed by atoms with Crippen LogP contribution in [0.3, 0.4) is 0 Å². The van der Waals surface area contributed by atoms with Gasteiger partial charge in [-0.3, -0.25) is 0 Å². The van der Waals surface area contributed by atoms with Crippen LogP contribution in [0.5, 0.6) is 0 Å². The summed E-state index contributed by atoms with van der Waals surface area (Å²) >= 11 is 6.55. The Morgan fingerprint density at radius 3 is 2.04 bits per heavy atom. The van der Waals surface area contributed by atoms with Crippen molar-refractivity contribution in [1.82, 2.24) is 0 Å². The summed E-state index contributed by atoms with van der Waals surface area (Å²) in [6.45, 7) is 25.5. The van der Waals surface area contributed by atoms with E-state index >= 15 is 0 Å². The first kappa shape index (κ1) is 20.9. The lowest BCUT2D eigenvalue weighted by atomic mass is 9.51. The number of aliphatic hydroxyl groups is 1. The molecule has 0 spiro atoms. The zero-order valence-electron chi connectivity index (χ0n) is 17.3. The van der Waals surface area contributed by atoms with Crippen LogP contribution >= 0.6 is 11.6 Å². The van der Waals surface area contributed by atoms with E-state index in [1.54, 1.807) is 0 Å². The van der Waals surface area contributed by atoms with Gasteiger partial charge in [0.2, 0.25) is 5.54 Å². The molecule has 0 bridgehead atoms. The minimum Gasteiger partial charge on any atom is -0.384 e. The van der Waals surface area contributed by atoms with Crippen molar-refractivity contribution in [2.75, 3.05) is 0 Å². The minimum atomic E-state index is -0.764. The molecule has 1 N–H and O–H groups in total. The number of hydrogen-bond acceptors (Lipinski definition) is 2. The summed E-state index contributed by atoms with van der Waals surface area (Å²) in [5.41, 5.74) is -1.57. The molecule has 27 heavy (non-hydrogen) atoms. The van der Waals surface area contributed by atoms with Gasteiger partial charge >= 0.3 is 0 Å². The molecule has 3 aliphatic rings. The molecule has 5 heteroatoms. The van der Waals surface area contributed by atoms with E-state index in [0.29, 0.717) is 6.42 Å². The maximum absolute atomic E-state index is 11.3. The Labute approximate surface area is 169 Å². The molecule has 8 atom stereocenters. The molecule has 1 heterocycles. The molecule has 3 rings (SSSR count). The van der Waals surface area contributed by atoms with Gasteiger partial charge in [-0.1, -0.05) is 0 Å². The molecule has 0 unspecified atom stereocenters. The fraction of sp³-hybridized carbons (Fsp3) is 0.909. The first-order valence-electron chi connectivity index (χ1n) is 10.2. The van der Waals surface area contributed by atoms with Gasteiger partial charge < -0.3 is 19.5 Å². The van der Waals surface area contributed by atoms with Gasteiger partial charge in [0.25, 0.3) is 5.54 Å². The lowest BCUT2D eigenvalue weighted by molar-refractivity contribution is -0.156. The van der Waals surface area contributed by atoms with Crippen LogP contribution in [0.15, 0.2) is 0 Å². The van der Waals surface area contributed by atoms with Crippen molar-refractivity contribution in [3.05, 3.63) is 22.8 Å². The zero-order valence-corrected chi connectivity index (χ0v) is 18.0. The number of halogens is 1. The molecule has 0 amide bonds. The van der Waals surface area contributed by atoms with Gasteiger partial charge in [-0.15, -0.1) is 11.6 Å². The van der Waals surface area contributed by atoms with Gasteiger partial charge in [-0.2, -0.15) is 0 Å². The van der Waals surface area contributed by atoms with Gasteiger partial charge in [-0.25, -0.2) is 13.1 Å².